The van der Waals surface area contributed by atoms with E-state index in [1.165, 1.54) is 5.56 Å². The fourth-order valence-electron chi connectivity index (χ4n) is 4.75. The number of nitrogens with zero attached hydrogens (tertiary/aromatic N) is 4. The minimum atomic E-state index is -5.08. The Balaban J connectivity index is 0.000000591. The van der Waals surface area contributed by atoms with Crippen LogP contribution in [0.4, 0.5) is 19.1 Å². The van der Waals surface area contributed by atoms with E-state index in [0.29, 0.717) is 23.9 Å². The molecule has 1 fully saturated rings. The number of hydrogen-bond acceptors (Lipinski definition) is 7. The number of carbonyl (C=O) groups is 1. The third kappa shape index (κ3) is 9.58. The number of carboxylic acids is 1. The van der Waals surface area contributed by atoms with Gasteiger partial charge in [0.15, 0.2) is 0 Å². The summed E-state index contributed by atoms with van der Waals surface area (Å²) >= 11 is 0. The smallest absolute Gasteiger partial charge is 0.475 e. The molecule has 45 heavy (non-hydrogen) atoms. The lowest BCUT2D eigenvalue weighted by Crippen LogP contribution is -2.46. The van der Waals surface area contributed by atoms with Crippen LogP contribution in [0.3, 0.4) is 0 Å². The Morgan fingerprint density at radius 3 is 1.96 bits per heavy atom. The van der Waals surface area contributed by atoms with Gasteiger partial charge in [0.05, 0.1) is 4.90 Å². The van der Waals surface area contributed by atoms with Gasteiger partial charge in [-0.2, -0.15) is 17.5 Å². The molecular formula is C32H34F3N5O4S. The molecule has 2 N–H and O–H groups in total. The molecule has 0 amide bonds. The highest BCUT2D eigenvalue weighted by Gasteiger charge is 2.38. The van der Waals surface area contributed by atoms with Crippen molar-refractivity contribution < 1.29 is 31.5 Å². The van der Waals surface area contributed by atoms with Crippen LogP contribution in [0.15, 0.2) is 102 Å². The van der Waals surface area contributed by atoms with Gasteiger partial charge in [-0.3, -0.25) is 0 Å². The number of rotatable bonds is 9. The van der Waals surface area contributed by atoms with E-state index in [2.05, 4.69) is 39.4 Å². The summed E-state index contributed by atoms with van der Waals surface area (Å²) < 4.78 is 60.8. The fourth-order valence-corrected chi connectivity index (χ4v) is 6.44. The second kappa shape index (κ2) is 15.1. The first-order valence-corrected chi connectivity index (χ1v) is 15.6. The Morgan fingerprint density at radius 2 is 1.42 bits per heavy atom. The molecule has 1 aliphatic heterocycles. The second-order valence-corrected chi connectivity index (χ2v) is 12.4. The zero-order valence-electron chi connectivity index (χ0n) is 24.6. The van der Waals surface area contributed by atoms with Crippen LogP contribution in [0, 0.1) is 0 Å². The van der Waals surface area contributed by atoms with Crippen LogP contribution in [0.5, 0.6) is 0 Å². The van der Waals surface area contributed by atoms with Gasteiger partial charge in [0, 0.05) is 37.1 Å². The van der Waals surface area contributed by atoms with E-state index in [1.807, 2.05) is 48.5 Å². The molecule has 0 spiro atoms. The molecule has 0 unspecified atom stereocenters. The lowest BCUT2D eigenvalue weighted by atomic mass is 10.0. The molecule has 0 radical (unpaired) electrons. The van der Waals surface area contributed by atoms with Crippen molar-refractivity contribution in [1.29, 1.82) is 0 Å². The average Bonchev–Trinajstić information content (AvgIpc) is 3.04. The molecule has 1 aromatic heterocycles. The highest BCUT2D eigenvalue weighted by molar-refractivity contribution is 7.89. The molecule has 13 heteroatoms. The monoisotopic (exact) mass is 641 g/mol. The van der Waals surface area contributed by atoms with Crippen molar-refractivity contribution in [1.82, 2.24) is 19.2 Å². The topological polar surface area (TPSA) is 116 Å². The maximum Gasteiger partial charge on any atom is 0.490 e. The highest BCUT2D eigenvalue weighted by Crippen LogP contribution is 2.27. The first-order valence-electron chi connectivity index (χ1n) is 14.2. The van der Waals surface area contributed by atoms with Crippen LogP contribution in [-0.2, 0) is 27.9 Å². The normalized spacial score (nSPS) is 14.4. The Hall–Kier alpha value is -4.33. The van der Waals surface area contributed by atoms with Crippen LogP contribution >= 0.6 is 0 Å². The van der Waals surface area contributed by atoms with Crippen molar-refractivity contribution in [3.05, 3.63) is 108 Å². The van der Waals surface area contributed by atoms with E-state index in [-0.39, 0.29) is 6.04 Å². The summed E-state index contributed by atoms with van der Waals surface area (Å²) in [5.74, 6) is -2.18. The van der Waals surface area contributed by atoms with Gasteiger partial charge >= 0.3 is 12.1 Å². The predicted molar refractivity (Wildman–Crippen MR) is 165 cm³/mol. The molecule has 4 aromatic rings. The number of aliphatic carboxylic acids is 1. The number of nitrogens with one attached hydrogen (secondary N) is 1. The summed E-state index contributed by atoms with van der Waals surface area (Å²) in [4.78, 5) is 20.4. The third-order valence-corrected chi connectivity index (χ3v) is 9.17. The number of benzene rings is 3. The van der Waals surface area contributed by atoms with Gasteiger partial charge in [0.25, 0.3) is 0 Å². The molecule has 0 aliphatic carbocycles. The molecular weight excluding hydrogens is 607 g/mol. The summed E-state index contributed by atoms with van der Waals surface area (Å²) in [6.45, 7) is 2.78. The Labute approximate surface area is 260 Å². The fraction of sp³-hybridized carbons (Fsp3) is 0.281. The second-order valence-electron chi connectivity index (χ2n) is 10.5. The molecule has 5 rings (SSSR count). The molecule has 0 atom stereocenters. The average molecular weight is 642 g/mol. The van der Waals surface area contributed by atoms with Gasteiger partial charge in [-0.05, 0) is 61.8 Å². The van der Waals surface area contributed by atoms with Crippen molar-refractivity contribution in [2.24, 2.45) is 0 Å². The molecule has 9 nitrogen and oxygen atoms in total. The zero-order chi connectivity index (χ0) is 32.5. The molecule has 238 valence electrons. The predicted octanol–water partition coefficient (Wildman–Crippen LogP) is 5.67. The van der Waals surface area contributed by atoms with E-state index < -0.39 is 22.2 Å². The minimum absolute atomic E-state index is 0.0274. The van der Waals surface area contributed by atoms with Crippen molar-refractivity contribution >= 4 is 21.9 Å². The standard InChI is InChI=1S/C30H33N5O2S.C2HF3O2/c1-34-18-16-28(17-19-34)35(38(36,37)29-10-6-3-7-11-29)23-25-12-14-26(15-13-25)27-21-32-30(33-22-27)31-20-24-8-4-2-5-9-24;3-2(4,5)1(6)7/h2-15,21-22,28H,16-20,23H2,1H3,(H,31,32,33);(H,6,7). The molecule has 1 aliphatic rings. The van der Waals surface area contributed by atoms with Crippen LogP contribution in [0.25, 0.3) is 11.1 Å². The van der Waals surface area contributed by atoms with Gasteiger partial charge < -0.3 is 15.3 Å². The SMILES string of the molecule is CN1CCC(N(Cc2ccc(-c3cnc(NCc4ccccc4)nc3)cc2)S(=O)(=O)c2ccccc2)CC1.O=C(O)C(F)(F)F. The molecule has 1 saturated heterocycles. The number of likely N-dealkylation sites (tertiary alicyclic amines) is 1. The number of anilines is 1. The van der Waals surface area contributed by atoms with E-state index >= 15 is 0 Å². The van der Waals surface area contributed by atoms with Crippen molar-refractivity contribution in [3.8, 4) is 11.1 Å². The highest BCUT2D eigenvalue weighted by atomic mass is 32.2. The van der Waals surface area contributed by atoms with Crippen LogP contribution < -0.4 is 5.32 Å². The van der Waals surface area contributed by atoms with E-state index in [0.717, 1.165) is 42.6 Å². The molecule has 2 heterocycles. The van der Waals surface area contributed by atoms with E-state index in [1.54, 1.807) is 41.0 Å². The minimum Gasteiger partial charge on any atom is -0.475 e. The largest absolute Gasteiger partial charge is 0.490 e. The number of halogens is 3. The molecule has 0 bridgehead atoms. The summed E-state index contributed by atoms with van der Waals surface area (Å²) in [5.41, 5.74) is 4.01. The lowest BCUT2D eigenvalue weighted by Gasteiger charge is -2.36. The zero-order valence-corrected chi connectivity index (χ0v) is 25.4. The molecule has 3 aromatic carbocycles. The first kappa shape index (κ1) is 33.6. The maximum atomic E-state index is 13.7. The van der Waals surface area contributed by atoms with Crippen molar-refractivity contribution in [3.63, 3.8) is 0 Å². The first-order chi connectivity index (χ1) is 21.4. The Morgan fingerprint density at radius 1 is 0.889 bits per heavy atom. The Bertz CT molecular complexity index is 1620. The number of alkyl halides is 3. The van der Waals surface area contributed by atoms with Crippen LogP contribution in [-0.4, -0.2) is 71.0 Å². The van der Waals surface area contributed by atoms with Gasteiger partial charge in [-0.1, -0.05) is 72.8 Å². The number of piperidine rings is 1. The van der Waals surface area contributed by atoms with Crippen LogP contribution in [0.1, 0.15) is 24.0 Å². The number of aromatic nitrogens is 2. The number of sulfonamides is 1. The van der Waals surface area contributed by atoms with Crippen molar-refractivity contribution in [2.45, 2.75) is 43.0 Å². The van der Waals surface area contributed by atoms with Crippen molar-refractivity contribution in [2.75, 3.05) is 25.5 Å². The number of carboxylic acid groups (broad SMARTS) is 1. The number of hydrogen-bond donors (Lipinski definition) is 2. The summed E-state index contributed by atoms with van der Waals surface area (Å²) in [5, 5.41) is 10.4. The van der Waals surface area contributed by atoms with Gasteiger partial charge in [-0.15, -0.1) is 0 Å². The third-order valence-electron chi connectivity index (χ3n) is 7.26. The summed E-state index contributed by atoms with van der Waals surface area (Å²) in [6, 6.07) is 26.9. The van der Waals surface area contributed by atoms with E-state index in [4.69, 9.17) is 9.90 Å². The maximum absolute atomic E-state index is 13.7. The van der Waals surface area contributed by atoms with Gasteiger partial charge in [0.1, 0.15) is 0 Å². The summed E-state index contributed by atoms with van der Waals surface area (Å²) in [7, 11) is -1.54. The van der Waals surface area contributed by atoms with E-state index in [9.17, 15) is 21.6 Å². The van der Waals surface area contributed by atoms with Crippen LogP contribution in [0.2, 0.25) is 0 Å². The van der Waals surface area contributed by atoms with Gasteiger partial charge in [0.2, 0.25) is 16.0 Å². The lowest BCUT2D eigenvalue weighted by molar-refractivity contribution is -0.192. The summed E-state index contributed by atoms with van der Waals surface area (Å²) in [6.07, 6.45) is 0.172. The quantitative estimate of drug-likeness (QED) is 0.240. The molecule has 0 saturated carbocycles. The van der Waals surface area contributed by atoms with Gasteiger partial charge in [-0.25, -0.2) is 23.2 Å². The Kier molecular flexibility index (Phi) is 11.3.